The smallest absolute Gasteiger partial charge is 0.224 e. The molecule has 0 fully saturated rings. The molecule has 31 heavy (non-hydrogen) atoms. The van der Waals surface area contributed by atoms with E-state index < -0.39 is 0 Å². The van der Waals surface area contributed by atoms with Crippen molar-refractivity contribution in [2.24, 2.45) is 4.99 Å². The number of amides is 1. The number of carbonyl (C=O) groups is 1. The first-order chi connectivity index (χ1) is 14.6. The molecule has 3 N–H and O–H groups in total. The molecule has 170 valence electrons. The third-order valence-electron chi connectivity index (χ3n) is 4.49. The molecule has 0 bridgehead atoms. The Bertz CT molecular complexity index is 788. The third kappa shape index (κ3) is 11.1. The van der Waals surface area contributed by atoms with Crippen molar-refractivity contribution in [3.8, 4) is 0 Å². The van der Waals surface area contributed by atoms with Crippen molar-refractivity contribution in [3.63, 3.8) is 0 Å². The molecule has 2 rings (SSSR count). The van der Waals surface area contributed by atoms with Crippen LogP contribution in [-0.2, 0) is 16.0 Å². The molecule has 1 unspecified atom stereocenters. The van der Waals surface area contributed by atoms with Gasteiger partial charge in [0, 0.05) is 33.3 Å². The predicted molar refractivity (Wildman–Crippen MR) is 133 cm³/mol. The molecule has 0 aliphatic carbocycles. The van der Waals surface area contributed by atoms with Gasteiger partial charge in [-0.1, -0.05) is 42.5 Å². The van der Waals surface area contributed by atoms with Crippen molar-refractivity contribution < 1.29 is 13.9 Å². The van der Waals surface area contributed by atoms with Crippen molar-refractivity contribution in [3.05, 3.63) is 71.5 Å². The first kappa shape index (κ1) is 26.8. The molecule has 2 aromatic carbocycles. The number of hydrogen-bond acceptors (Lipinski definition) is 3. The number of nitrogens with one attached hydrogen (secondary N) is 3. The molecule has 8 heteroatoms. The van der Waals surface area contributed by atoms with Crippen LogP contribution in [-0.4, -0.2) is 45.2 Å². The topological polar surface area (TPSA) is 74.8 Å². The molecule has 0 aliphatic heterocycles. The number of benzene rings is 2. The lowest BCUT2D eigenvalue weighted by Gasteiger charge is -2.15. The molecule has 0 saturated carbocycles. The molecule has 2 aromatic rings. The highest BCUT2D eigenvalue weighted by Gasteiger charge is 2.05. The Morgan fingerprint density at radius 1 is 1.00 bits per heavy atom. The first-order valence-corrected chi connectivity index (χ1v) is 10.2. The molecule has 0 aliphatic rings. The maximum Gasteiger partial charge on any atom is 0.224 e. The molecular weight excluding hydrogens is 510 g/mol. The molecule has 0 radical (unpaired) electrons. The van der Waals surface area contributed by atoms with E-state index in [0.717, 1.165) is 18.5 Å². The molecular formula is C23H32FIN4O2. The van der Waals surface area contributed by atoms with Crippen LogP contribution in [0, 0.1) is 5.82 Å². The summed E-state index contributed by atoms with van der Waals surface area (Å²) in [4.78, 5) is 16.1. The van der Waals surface area contributed by atoms with E-state index in [9.17, 15) is 9.18 Å². The van der Waals surface area contributed by atoms with E-state index in [2.05, 4.69) is 33.1 Å². The van der Waals surface area contributed by atoms with Gasteiger partial charge in [-0.15, -0.1) is 24.0 Å². The van der Waals surface area contributed by atoms with E-state index in [1.807, 2.05) is 25.1 Å². The minimum absolute atomic E-state index is 0. The van der Waals surface area contributed by atoms with Crippen molar-refractivity contribution in [2.75, 3.05) is 33.3 Å². The second-order valence-corrected chi connectivity index (χ2v) is 6.86. The number of rotatable bonds is 11. The van der Waals surface area contributed by atoms with Crippen LogP contribution in [0.1, 0.15) is 30.6 Å². The van der Waals surface area contributed by atoms with Crippen LogP contribution < -0.4 is 16.0 Å². The maximum atomic E-state index is 12.9. The summed E-state index contributed by atoms with van der Waals surface area (Å²) in [6, 6.07) is 16.1. The number of carbonyl (C=O) groups excluding carboxylic acids is 1. The average Bonchev–Trinajstić information content (AvgIpc) is 2.77. The van der Waals surface area contributed by atoms with Crippen LogP contribution in [0.4, 0.5) is 4.39 Å². The number of aliphatic imine (C=N–C) groups is 1. The van der Waals surface area contributed by atoms with E-state index in [1.165, 1.54) is 17.7 Å². The van der Waals surface area contributed by atoms with Gasteiger partial charge >= 0.3 is 0 Å². The van der Waals surface area contributed by atoms with Gasteiger partial charge in [-0.05, 0) is 36.6 Å². The van der Waals surface area contributed by atoms with Gasteiger partial charge in [0.15, 0.2) is 5.96 Å². The van der Waals surface area contributed by atoms with Gasteiger partial charge in [0.2, 0.25) is 5.91 Å². The Morgan fingerprint density at radius 2 is 1.65 bits per heavy atom. The standard InChI is InChI=1S/C23H31FN4O2.HI/c1-18(20-7-4-3-5-8-20)30-16-6-13-27-23(25-2)28-15-14-26-22(29)17-19-9-11-21(24)12-10-19;/h3-5,7-12,18H,6,13-17H2,1-2H3,(H,26,29)(H2,25,27,28);1H. The summed E-state index contributed by atoms with van der Waals surface area (Å²) in [5.41, 5.74) is 1.95. The van der Waals surface area contributed by atoms with Gasteiger partial charge in [0.05, 0.1) is 12.5 Å². The van der Waals surface area contributed by atoms with E-state index in [1.54, 1.807) is 19.2 Å². The van der Waals surface area contributed by atoms with Gasteiger partial charge < -0.3 is 20.7 Å². The van der Waals surface area contributed by atoms with E-state index in [-0.39, 0.29) is 48.2 Å². The number of guanidine groups is 1. The van der Waals surface area contributed by atoms with Crippen molar-refractivity contribution in [1.29, 1.82) is 0 Å². The molecule has 0 spiro atoms. The second-order valence-electron chi connectivity index (χ2n) is 6.86. The van der Waals surface area contributed by atoms with Crippen molar-refractivity contribution in [2.45, 2.75) is 25.9 Å². The van der Waals surface area contributed by atoms with E-state index >= 15 is 0 Å². The summed E-state index contributed by atoms with van der Waals surface area (Å²) >= 11 is 0. The second kappa shape index (κ2) is 15.6. The van der Waals surface area contributed by atoms with Gasteiger partial charge in [-0.25, -0.2) is 4.39 Å². The molecule has 0 aromatic heterocycles. The molecule has 6 nitrogen and oxygen atoms in total. The highest BCUT2D eigenvalue weighted by atomic mass is 127. The zero-order chi connectivity index (χ0) is 21.6. The fraction of sp³-hybridized carbons (Fsp3) is 0.391. The lowest BCUT2D eigenvalue weighted by Crippen LogP contribution is -2.42. The minimum Gasteiger partial charge on any atom is -0.374 e. The number of nitrogens with zero attached hydrogens (tertiary/aromatic N) is 1. The fourth-order valence-electron chi connectivity index (χ4n) is 2.81. The van der Waals surface area contributed by atoms with Crippen molar-refractivity contribution >= 4 is 35.8 Å². The van der Waals surface area contributed by atoms with Crippen LogP contribution in [0.3, 0.4) is 0 Å². The monoisotopic (exact) mass is 542 g/mol. The Hall–Kier alpha value is -2.20. The quantitative estimate of drug-likeness (QED) is 0.176. The normalized spacial score (nSPS) is 11.9. The fourth-order valence-corrected chi connectivity index (χ4v) is 2.81. The van der Waals surface area contributed by atoms with E-state index in [4.69, 9.17) is 4.74 Å². The van der Waals surface area contributed by atoms with Gasteiger partial charge in [-0.3, -0.25) is 9.79 Å². The predicted octanol–water partition coefficient (Wildman–Crippen LogP) is 3.44. The Kier molecular flexibility index (Phi) is 13.5. The van der Waals surface area contributed by atoms with Crippen molar-refractivity contribution in [1.82, 2.24) is 16.0 Å². The minimum atomic E-state index is -0.306. The maximum absolute atomic E-state index is 12.9. The highest BCUT2D eigenvalue weighted by Crippen LogP contribution is 2.15. The van der Waals surface area contributed by atoms with Crippen LogP contribution in [0.2, 0.25) is 0 Å². The third-order valence-corrected chi connectivity index (χ3v) is 4.49. The van der Waals surface area contributed by atoms with Crippen LogP contribution in [0.15, 0.2) is 59.6 Å². The summed E-state index contributed by atoms with van der Waals surface area (Å²) in [6.07, 6.45) is 1.16. The SMILES string of the molecule is CN=C(NCCCOC(C)c1ccccc1)NCCNC(=O)Cc1ccc(F)cc1.I. The van der Waals surface area contributed by atoms with Crippen LogP contribution in [0.25, 0.3) is 0 Å². The van der Waals surface area contributed by atoms with Crippen LogP contribution in [0.5, 0.6) is 0 Å². The average molecular weight is 542 g/mol. The Labute approximate surface area is 201 Å². The lowest BCUT2D eigenvalue weighted by molar-refractivity contribution is -0.120. The molecule has 1 amide bonds. The van der Waals surface area contributed by atoms with Gasteiger partial charge in [-0.2, -0.15) is 0 Å². The van der Waals surface area contributed by atoms with Crippen LogP contribution >= 0.6 is 24.0 Å². The summed E-state index contributed by atoms with van der Waals surface area (Å²) in [7, 11) is 1.70. The number of halogens is 2. The summed E-state index contributed by atoms with van der Waals surface area (Å²) in [5, 5.41) is 9.21. The zero-order valence-electron chi connectivity index (χ0n) is 18.1. The van der Waals surface area contributed by atoms with Gasteiger partial charge in [0.25, 0.3) is 0 Å². The number of hydrogen-bond donors (Lipinski definition) is 3. The van der Waals surface area contributed by atoms with E-state index in [0.29, 0.717) is 25.7 Å². The Morgan fingerprint density at radius 3 is 2.32 bits per heavy atom. The zero-order valence-corrected chi connectivity index (χ0v) is 20.4. The largest absolute Gasteiger partial charge is 0.374 e. The number of ether oxygens (including phenoxy) is 1. The lowest BCUT2D eigenvalue weighted by atomic mass is 10.1. The molecule has 0 heterocycles. The summed E-state index contributed by atoms with van der Waals surface area (Å²) in [6.45, 7) is 4.46. The first-order valence-electron chi connectivity index (χ1n) is 10.2. The Balaban J connectivity index is 0.00000480. The highest BCUT2D eigenvalue weighted by molar-refractivity contribution is 14.0. The summed E-state index contributed by atoms with van der Waals surface area (Å²) in [5.74, 6) is 0.273. The van der Waals surface area contributed by atoms with Gasteiger partial charge in [0.1, 0.15) is 5.82 Å². The summed E-state index contributed by atoms with van der Waals surface area (Å²) < 4.78 is 18.7. The molecule has 0 saturated heterocycles. The molecule has 1 atom stereocenters.